The van der Waals surface area contributed by atoms with E-state index in [1.807, 2.05) is 38.1 Å². The van der Waals surface area contributed by atoms with Gasteiger partial charge in [-0.05, 0) is 43.7 Å². The third kappa shape index (κ3) is 3.55. The Labute approximate surface area is 155 Å². The number of rotatable bonds is 5. The molecular weight excluding hydrogens is 354 g/mol. The van der Waals surface area contributed by atoms with Gasteiger partial charge in [0, 0.05) is 17.0 Å². The minimum absolute atomic E-state index is 0.0144. The van der Waals surface area contributed by atoms with Crippen LogP contribution < -0.4 is 4.74 Å². The third-order valence-corrected chi connectivity index (χ3v) is 4.41. The number of aromatic nitrogens is 1. The van der Waals surface area contributed by atoms with Crippen LogP contribution in [0.5, 0.6) is 11.6 Å². The van der Waals surface area contributed by atoms with E-state index in [4.69, 9.17) is 16.3 Å². The Bertz CT molecular complexity index is 995. The van der Waals surface area contributed by atoms with Crippen molar-refractivity contribution in [2.75, 3.05) is 6.61 Å². The molecule has 0 aliphatic heterocycles. The Morgan fingerprint density at radius 1 is 1.27 bits per heavy atom. The highest BCUT2D eigenvalue weighted by molar-refractivity contribution is 6.31. The Kier molecular flexibility index (Phi) is 5.23. The Hall–Kier alpha value is -2.86. The average molecular weight is 372 g/mol. The number of fused-ring (bicyclic) bond motifs is 1. The first-order valence-corrected chi connectivity index (χ1v) is 8.52. The van der Waals surface area contributed by atoms with Crippen molar-refractivity contribution in [1.82, 2.24) is 4.57 Å². The SMILES string of the molecule is CCn1c(O)c(N=NC(=O)COc2ccc(Cl)c(C)c2)c2ccccc21. The summed E-state index contributed by atoms with van der Waals surface area (Å²) in [6.45, 7) is 4.09. The molecule has 0 aliphatic carbocycles. The van der Waals surface area contributed by atoms with Gasteiger partial charge in [0.2, 0.25) is 5.88 Å². The normalized spacial score (nSPS) is 11.3. The number of aryl methyl sites for hydroxylation is 2. The molecule has 3 aromatic rings. The minimum Gasteiger partial charge on any atom is -0.493 e. The molecule has 0 radical (unpaired) electrons. The predicted octanol–water partition coefficient (Wildman–Crippen LogP) is 5.02. The van der Waals surface area contributed by atoms with E-state index in [-0.39, 0.29) is 18.2 Å². The zero-order valence-electron chi connectivity index (χ0n) is 14.4. The van der Waals surface area contributed by atoms with E-state index >= 15 is 0 Å². The van der Waals surface area contributed by atoms with Crippen LogP contribution >= 0.6 is 11.6 Å². The van der Waals surface area contributed by atoms with Crippen molar-refractivity contribution in [3.63, 3.8) is 0 Å². The first-order valence-electron chi connectivity index (χ1n) is 8.15. The molecule has 0 unspecified atom stereocenters. The molecule has 0 fully saturated rings. The second-order valence-corrected chi connectivity index (χ2v) is 6.13. The molecule has 134 valence electrons. The average Bonchev–Trinajstić information content (AvgIpc) is 2.91. The number of halogens is 1. The number of carbonyl (C=O) groups excluding carboxylic acids is 1. The van der Waals surface area contributed by atoms with Crippen molar-refractivity contribution in [3.8, 4) is 11.6 Å². The summed E-state index contributed by atoms with van der Waals surface area (Å²) >= 11 is 5.96. The topological polar surface area (TPSA) is 76.2 Å². The molecule has 6 nitrogen and oxygen atoms in total. The number of carbonyl (C=O) groups is 1. The molecule has 0 saturated heterocycles. The summed E-state index contributed by atoms with van der Waals surface area (Å²) in [5.74, 6) is -0.0364. The van der Waals surface area contributed by atoms with Gasteiger partial charge >= 0.3 is 5.91 Å². The highest BCUT2D eigenvalue weighted by Gasteiger charge is 2.15. The fourth-order valence-electron chi connectivity index (χ4n) is 2.68. The zero-order valence-corrected chi connectivity index (χ0v) is 15.2. The first kappa shape index (κ1) is 17.9. The molecular formula is C19H18ClN3O3. The van der Waals surface area contributed by atoms with Gasteiger partial charge in [-0.15, -0.1) is 10.2 Å². The third-order valence-electron chi connectivity index (χ3n) is 3.99. The van der Waals surface area contributed by atoms with Crippen molar-refractivity contribution in [1.29, 1.82) is 0 Å². The Morgan fingerprint density at radius 3 is 2.77 bits per heavy atom. The number of aromatic hydroxyl groups is 1. The molecule has 1 aromatic heterocycles. The first-order chi connectivity index (χ1) is 12.5. The summed E-state index contributed by atoms with van der Waals surface area (Å²) in [5, 5.41) is 19.3. The summed E-state index contributed by atoms with van der Waals surface area (Å²) < 4.78 is 7.12. The van der Waals surface area contributed by atoms with Gasteiger partial charge in [-0.25, -0.2) is 0 Å². The molecule has 26 heavy (non-hydrogen) atoms. The molecule has 1 N–H and O–H groups in total. The maximum Gasteiger partial charge on any atom is 0.302 e. The van der Waals surface area contributed by atoms with E-state index in [1.165, 1.54) is 0 Å². The molecule has 3 rings (SSSR count). The number of benzene rings is 2. The molecule has 0 atom stereocenters. The van der Waals surface area contributed by atoms with Gasteiger partial charge in [-0.1, -0.05) is 29.8 Å². The smallest absolute Gasteiger partial charge is 0.302 e. The lowest BCUT2D eigenvalue weighted by Crippen LogP contribution is -2.07. The molecule has 1 heterocycles. The van der Waals surface area contributed by atoms with Crippen LogP contribution in [-0.4, -0.2) is 22.2 Å². The van der Waals surface area contributed by atoms with Gasteiger partial charge in [0.1, 0.15) is 5.75 Å². The van der Waals surface area contributed by atoms with Gasteiger partial charge < -0.3 is 14.4 Å². The second kappa shape index (κ2) is 7.58. The maximum atomic E-state index is 12.0. The summed E-state index contributed by atoms with van der Waals surface area (Å²) in [4.78, 5) is 12.0. The quantitative estimate of drug-likeness (QED) is 0.640. The fraction of sp³-hybridized carbons (Fsp3) is 0.211. The molecule has 0 spiro atoms. The summed E-state index contributed by atoms with van der Waals surface area (Å²) in [6, 6.07) is 12.6. The molecule has 7 heteroatoms. The minimum atomic E-state index is -0.551. The van der Waals surface area contributed by atoms with E-state index < -0.39 is 5.91 Å². The number of hydrogen-bond donors (Lipinski definition) is 1. The van der Waals surface area contributed by atoms with Crippen LogP contribution in [-0.2, 0) is 11.3 Å². The van der Waals surface area contributed by atoms with E-state index in [9.17, 15) is 9.90 Å². The van der Waals surface area contributed by atoms with Gasteiger partial charge in [-0.2, -0.15) is 0 Å². The summed E-state index contributed by atoms with van der Waals surface area (Å²) in [6.07, 6.45) is 0. The van der Waals surface area contributed by atoms with E-state index in [2.05, 4.69) is 10.2 Å². The van der Waals surface area contributed by atoms with Crippen LogP contribution in [0.25, 0.3) is 10.9 Å². The highest BCUT2D eigenvalue weighted by Crippen LogP contribution is 2.38. The van der Waals surface area contributed by atoms with Crippen molar-refractivity contribution < 1.29 is 14.6 Å². The standard InChI is InChI=1S/C19H18ClN3O3/c1-3-23-16-7-5-4-6-14(16)18(19(23)25)22-21-17(24)11-26-13-8-9-15(20)12(2)10-13/h4-10,25H,3,11H2,1-2H3. The van der Waals surface area contributed by atoms with Gasteiger partial charge in [-0.3, -0.25) is 4.79 Å². The lowest BCUT2D eigenvalue weighted by Gasteiger charge is -2.05. The van der Waals surface area contributed by atoms with E-state index in [0.29, 0.717) is 17.3 Å². The number of para-hydroxylation sites is 1. The number of hydrogen-bond acceptors (Lipinski definition) is 4. The lowest BCUT2D eigenvalue weighted by atomic mass is 10.2. The van der Waals surface area contributed by atoms with Crippen LogP contribution in [0.2, 0.25) is 5.02 Å². The van der Waals surface area contributed by atoms with Crippen molar-refractivity contribution in [2.24, 2.45) is 10.2 Å². The zero-order chi connectivity index (χ0) is 18.7. The molecule has 1 amide bonds. The van der Waals surface area contributed by atoms with Crippen molar-refractivity contribution >= 4 is 34.1 Å². The predicted molar refractivity (Wildman–Crippen MR) is 100 cm³/mol. The van der Waals surface area contributed by atoms with Crippen LogP contribution in [0, 0.1) is 6.92 Å². The molecule has 2 aromatic carbocycles. The van der Waals surface area contributed by atoms with Crippen molar-refractivity contribution in [3.05, 3.63) is 53.1 Å². The molecule has 0 bridgehead atoms. The number of azo groups is 1. The molecule has 0 saturated carbocycles. The van der Waals surface area contributed by atoms with Crippen LogP contribution in [0.4, 0.5) is 5.69 Å². The van der Waals surface area contributed by atoms with E-state index in [0.717, 1.165) is 16.5 Å². The number of nitrogens with zero attached hydrogens (tertiary/aromatic N) is 3. The van der Waals surface area contributed by atoms with Crippen LogP contribution in [0.3, 0.4) is 0 Å². The summed E-state index contributed by atoms with van der Waals surface area (Å²) in [7, 11) is 0. The lowest BCUT2D eigenvalue weighted by molar-refractivity contribution is -0.120. The van der Waals surface area contributed by atoms with Gasteiger partial charge in [0.15, 0.2) is 12.3 Å². The maximum absolute atomic E-state index is 12.0. The monoisotopic (exact) mass is 371 g/mol. The highest BCUT2D eigenvalue weighted by atomic mass is 35.5. The summed E-state index contributed by atoms with van der Waals surface area (Å²) in [5.41, 5.74) is 1.97. The number of amides is 1. The largest absolute Gasteiger partial charge is 0.493 e. The Balaban J connectivity index is 1.75. The molecule has 0 aliphatic rings. The van der Waals surface area contributed by atoms with Gasteiger partial charge in [0.05, 0.1) is 5.52 Å². The fourth-order valence-corrected chi connectivity index (χ4v) is 2.79. The van der Waals surface area contributed by atoms with Crippen LogP contribution in [0.15, 0.2) is 52.7 Å². The van der Waals surface area contributed by atoms with E-state index in [1.54, 1.807) is 22.8 Å². The second-order valence-electron chi connectivity index (χ2n) is 5.73. The van der Waals surface area contributed by atoms with Crippen LogP contribution in [0.1, 0.15) is 12.5 Å². The number of ether oxygens (including phenoxy) is 1. The van der Waals surface area contributed by atoms with Gasteiger partial charge in [0.25, 0.3) is 0 Å². The Morgan fingerprint density at radius 2 is 2.04 bits per heavy atom. The van der Waals surface area contributed by atoms with Crippen molar-refractivity contribution in [2.45, 2.75) is 20.4 Å².